The highest BCUT2D eigenvalue weighted by molar-refractivity contribution is 5.85. The Hall–Kier alpha value is -1.66. The highest BCUT2D eigenvalue weighted by Gasteiger charge is 2.25. The van der Waals surface area contributed by atoms with E-state index >= 15 is 0 Å². The van der Waals surface area contributed by atoms with E-state index in [1.807, 2.05) is 0 Å². The molecule has 2 rings (SSSR count). The van der Waals surface area contributed by atoms with Crippen molar-refractivity contribution in [2.45, 2.75) is 32.3 Å². The van der Waals surface area contributed by atoms with Gasteiger partial charge in [0.1, 0.15) is 6.61 Å². The van der Waals surface area contributed by atoms with Crippen molar-refractivity contribution < 1.29 is 26.8 Å². The van der Waals surface area contributed by atoms with Gasteiger partial charge in [0.15, 0.2) is 23.3 Å². The SMILES string of the molecule is Fc1c(F)c(F)c(CON=C2CCCC2)c(F)c1F. The maximum atomic E-state index is 13.3. The largest absolute Gasteiger partial charge is 0.391 e. The molecule has 1 aromatic rings. The predicted octanol–water partition coefficient (Wildman–Crippen LogP) is 3.83. The highest BCUT2D eigenvalue weighted by atomic mass is 19.2. The summed E-state index contributed by atoms with van der Waals surface area (Å²) in [5.41, 5.74) is -0.289. The van der Waals surface area contributed by atoms with Gasteiger partial charge in [0, 0.05) is 0 Å². The summed E-state index contributed by atoms with van der Waals surface area (Å²) < 4.78 is 65.0. The van der Waals surface area contributed by atoms with Crippen molar-refractivity contribution in [1.82, 2.24) is 0 Å². The van der Waals surface area contributed by atoms with E-state index in [-0.39, 0.29) is 0 Å². The molecule has 0 unspecified atom stereocenters. The van der Waals surface area contributed by atoms with Crippen molar-refractivity contribution >= 4 is 5.71 Å². The lowest BCUT2D eigenvalue weighted by Gasteiger charge is -2.07. The van der Waals surface area contributed by atoms with Gasteiger partial charge < -0.3 is 4.84 Å². The first-order chi connectivity index (χ1) is 9.02. The lowest BCUT2D eigenvalue weighted by molar-refractivity contribution is 0.122. The molecule has 0 heterocycles. The Bertz CT molecular complexity index is 492. The van der Waals surface area contributed by atoms with Gasteiger partial charge in [-0.15, -0.1) is 0 Å². The number of hydrogen-bond donors (Lipinski definition) is 0. The average Bonchev–Trinajstić information content (AvgIpc) is 2.91. The van der Waals surface area contributed by atoms with Crippen molar-refractivity contribution in [2.24, 2.45) is 5.16 Å². The first kappa shape index (κ1) is 13.8. The van der Waals surface area contributed by atoms with Crippen LogP contribution in [0.1, 0.15) is 31.2 Å². The zero-order valence-corrected chi connectivity index (χ0v) is 9.78. The number of oxime groups is 1. The lowest BCUT2D eigenvalue weighted by Crippen LogP contribution is -2.08. The summed E-state index contributed by atoms with van der Waals surface area (Å²) in [6.07, 6.45) is 3.34. The van der Waals surface area contributed by atoms with Crippen LogP contribution in [0.5, 0.6) is 0 Å². The Morgan fingerprint density at radius 3 is 1.79 bits per heavy atom. The summed E-state index contributed by atoms with van der Waals surface area (Å²) in [4.78, 5) is 4.67. The van der Waals surface area contributed by atoms with Crippen molar-refractivity contribution in [3.05, 3.63) is 34.6 Å². The molecule has 2 nitrogen and oxygen atoms in total. The first-order valence-electron chi connectivity index (χ1n) is 5.70. The minimum atomic E-state index is -2.18. The summed E-state index contributed by atoms with van der Waals surface area (Å²) in [5.74, 6) is -9.91. The fourth-order valence-electron chi connectivity index (χ4n) is 1.84. The van der Waals surface area contributed by atoms with Crippen LogP contribution in [0.4, 0.5) is 22.0 Å². The highest BCUT2D eigenvalue weighted by Crippen LogP contribution is 2.24. The molecule has 0 spiro atoms. The van der Waals surface area contributed by atoms with Gasteiger partial charge in [0.05, 0.1) is 11.3 Å². The molecule has 0 radical (unpaired) electrons. The number of hydrogen-bond acceptors (Lipinski definition) is 2. The molecule has 0 aliphatic heterocycles. The standard InChI is InChI=1S/C12H10F5NO/c13-8-7(5-19-18-6-3-1-2-4-6)9(14)11(16)12(17)10(8)15/h1-5H2. The minimum absolute atomic E-state index is 0.719. The summed E-state index contributed by atoms with van der Waals surface area (Å²) >= 11 is 0. The van der Waals surface area contributed by atoms with E-state index in [9.17, 15) is 22.0 Å². The normalized spacial score (nSPS) is 14.9. The van der Waals surface area contributed by atoms with E-state index in [0.29, 0.717) is 0 Å². The Labute approximate surface area is 105 Å². The molecular weight excluding hydrogens is 269 g/mol. The van der Waals surface area contributed by atoms with Crippen LogP contribution in [-0.4, -0.2) is 5.71 Å². The van der Waals surface area contributed by atoms with Crippen molar-refractivity contribution in [3.8, 4) is 0 Å². The molecule has 0 N–H and O–H groups in total. The molecule has 7 heteroatoms. The fourth-order valence-corrected chi connectivity index (χ4v) is 1.84. The molecule has 0 saturated heterocycles. The summed E-state index contributed by atoms with van der Waals surface area (Å²) in [5, 5.41) is 3.63. The second kappa shape index (κ2) is 5.54. The van der Waals surface area contributed by atoms with Gasteiger partial charge in [0.2, 0.25) is 5.82 Å². The summed E-state index contributed by atoms with van der Waals surface area (Å²) in [6, 6.07) is 0. The molecule has 1 fully saturated rings. The Morgan fingerprint density at radius 1 is 0.789 bits per heavy atom. The molecule has 1 aromatic carbocycles. The average molecular weight is 279 g/mol. The first-order valence-corrected chi connectivity index (χ1v) is 5.70. The van der Waals surface area contributed by atoms with E-state index in [1.54, 1.807) is 0 Å². The Kier molecular flexibility index (Phi) is 4.01. The van der Waals surface area contributed by atoms with Crippen LogP contribution in [0.3, 0.4) is 0 Å². The maximum absolute atomic E-state index is 13.3. The third kappa shape index (κ3) is 2.69. The van der Waals surface area contributed by atoms with Crippen molar-refractivity contribution in [2.75, 3.05) is 0 Å². The zero-order valence-electron chi connectivity index (χ0n) is 9.78. The molecule has 0 atom stereocenters. The van der Waals surface area contributed by atoms with Crippen LogP contribution in [0.25, 0.3) is 0 Å². The molecule has 104 valence electrons. The molecule has 1 saturated carbocycles. The molecule has 1 aliphatic rings. The van der Waals surface area contributed by atoms with Gasteiger partial charge in [-0.1, -0.05) is 5.16 Å². The third-order valence-corrected chi connectivity index (χ3v) is 2.88. The second-order valence-electron chi connectivity index (χ2n) is 4.19. The van der Waals surface area contributed by atoms with Gasteiger partial charge in [-0.2, -0.15) is 0 Å². The maximum Gasteiger partial charge on any atom is 0.200 e. The molecular formula is C12H10F5NO. The monoisotopic (exact) mass is 279 g/mol. The number of benzene rings is 1. The van der Waals surface area contributed by atoms with Crippen LogP contribution in [0.2, 0.25) is 0 Å². The lowest BCUT2D eigenvalue weighted by atomic mass is 10.2. The minimum Gasteiger partial charge on any atom is -0.391 e. The molecule has 0 bridgehead atoms. The van der Waals surface area contributed by atoms with E-state index in [4.69, 9.17) is 0 Å². The number of nitrogens with zero attached hydrogens (tertiary/aromatic N) is 1. The summed E-state index contributed by atoms with van der Waals surface area (Å²) in [6.45, 7) is -0.796. The topological polar surface area (TPSA) is 21.6 Å². The number of halogens is 5. The predicted molar refractivity (Wildman–Crippen MR) is 56.9 cm³/mol. The Morgan fingerprint density at radius 2 is 1.26 bits per heavy atom. The van der Waals surface area contributed by atoms with Gasteiger partial charge in [-0.25, -0.2) is 22.0 Å². The summed E-state index contributed by atoms with van der Waals surface area (Å²) in [7, 11) is 0. The van der Waals surface area contributed by atoms with Crippen LogP contribution in [-0.2, 0) is 11.4 Å². The molecule has 0 aromatic heterocycles. The molecule has 19 heavy (non-hydrogen) atoms. The van der Waals surface area contributed by atoms with Crippen LogP contribution >= 0.6 is 0 Å². The number of rotatable bonds is 3. The quantitative estimate of drug-likeness (QED) is 0.356. The van der Waals surface area contributed by atoms with Crippen LogP contribution in [0.15, 0.2) is 5.16 Å². The van der Waals surface area contributed by atoms with Crippen LogP contribution in [0, 0.1) is 29.1 Å². The smallest absolute Gasteiger partial charge is 0.200 e. The van der Waals surface area contributed by atoms with E-state index in [0.717, 1.165) is 31.4 Å². The van der Waals surface area contributed by atoms with Gasteiger partial charge in [0.25, 0.3) is 0 Å². The van der Waals surface area contributed by atoms with Gasteiger partial charge in [-0.3, -0.25) is 0 Å². The van der Waals surface area contributed by atoms with Crippen LogP contribution < -0.4 is 0 Å². The van der Waals surface area contributed by atoms with Crippen molar-refractivity contribution in [1.29, 1.82) is 0 Å². The third-order valence-electron chi connectivity index (χ3n) is 2.88. The van der Waals surface area contributed by atoms with E-state index in [2.05, 4.69) is 9.99 Å². The molecule has 1 aliphatic carbocycles. The van der Waals surface area contributed by atoms with Gasteiger partial charge >= 0.3 is 0 Å². The zero-order chi connectivity index (χ0) is 14.0. The Balaban J connectivity index is 2.18. The van der Waals surface area contributed by atoms with E-state index < -0.39 is 41.3 Å². The van der Waals surface area contributed by atoms with Gasteiger partial charge in [-0.05, 0) is 25.7 Å². The molecule has 0 amide bonds. The van der Waals surface area contributed by atoms with Crippen molar-refractivity contribution in [3.63, 3.8) is 0 Å². The van der Waals surface area contributed by atoms with E-state index in [1.165, 1.54) is 0 Å². The fraction of sp³-hybridized carbons (Fsp3) is 0.417. The second-order valence-corrected chi connectivity index (χ2v) is 4.19.